The lowest BCUT2D eigenvalue weighted by atomic mass is 10.0. The Kier molecular flexibility index (Phi) is 4.61. The summed E-state index contributed by atoms with van der Waals surface area (Å²) in [5.74, 6) is -1.29. The molecule has 1 aliphatic rings. The summed E-state index contributed by atoms with van der Waals surface area (Å²) in [6.07, 6.45) is 1.26. The molecular formula is C15H20N2O3. The second-order valence-electron chi connectivity index (χ2n) is 5.19. The number of amides is 1. The van der Waals surface area contributed by atoms with Gasteiger partial charge in [-0.3, -0.25) is 9.59 Å². The number of nitrogens with one attached hydrogen (secondary N) is 2. The summed E-state index contributed by atoms with van der Waals surface area (Å²) in [5, 5.41) is 14.9. The average Bonchev–Trinajstić information content (AvgIpc) is 2.87. The van der Waals surface area contributed by atoms with E-state index in [0.29, 0.717) is 25.9 Å². The molecule has 1 amide bonds. The molecule has 0 bridgehead atoms. The van der Waals surface area contributed by atoms with Crippen molar-refractivity contribution in [2.24, 2.45) is 5.92 Å². The number of rotatable bonds is 6. The normalized spacial score (nSPS) is 17.9. The minimum Gasteiger partial charge on any atom is -0.481 e. The molecule has 5 nitrogen and oxygen atoms in total. The molecule has 3 N–H and O–H groups in total. The molecule has 0 aromatic heterocycles. The van der Waals surface area contributed by atoms with E-state index in [4.69, 9.17) is 5.11 Å². The van der Waals surface area contributed by atoms with Crippen molar-refractivity contribution in [2.45, 2.75) is 25.7 Å². The fourth-order valence-corrected chi connectivity index (χ4v) is 2.38. The van der Waals surface area contributed by atoms with Crippen LogP contribution in [0.2, 0.25) is 0 Å². The van der Waals surface area contributed by atoms with Crippen LogP contribution in [-0.2, 0) is 9.59 Å². The van der Waals surface area contributed by atoms with Gasteiger partial charge in [-0.2, -0.15) is 0 Å². The zero-order valence-electron chi connectivity index (χ0n) is 11.6. The van der Waals surface area contributed by atoms with E-state index in [0.717, 1.165) is 11.3 Å². The summed E-state index contributed by atoms with van der Waals surface area (Å²) in [4.78, 5) is 22.8. The number of aliphatic carboxylic acids is 1. The number of carbonyl (C=O) groups is 2. The zero-order chi connectivity index (χ0) is 14.5. The number of para-hydroxylation sites is 1. The van der Waals surface area contributed by atoms with Crippen LogP contribution in [0.3, 0.4) is 0 Å². The summed E-state index contributed by atoms with van der Waals surface area (Å²) >= 11 is 0. The Balaban J connectivity index is 1.78. The SMILES string of the molecule is CC(CCCNC(=O)C1CNc2ccccc21)C(=O)O. The number of hydrogen-bond donors (Lipinski definition) is 3. The number of benzene rings is 1. The minimum absolute atomic E-state index is 0.00503. The molecule has 108 valence electrons. The molecule has 0 fully saturated rings. The Morgan fingerprint density at radius 3 is 2.95 bits per heavy atom. The second kappa shape index (κ2) is 6.41. The van der Waals surface area contributed by atoms with Crippen LogP contribution in [0.4, 0.5) is 5.69 Å². The topological polar surface area (TPSA) is 78.4 Å². The van der Waals surface area contributed by atoms with Crippen LogP contribution >= 0.6 is 0 Å². The van der Waals surface area contributed by atoms with E-state index in [1.54, 1.807) is 6.92 Å². The Labute approximate surface area is 118 Å². The first kappa shape index (κ1) is 14.4. The van der Waals surface area contributed by atoms with Crippen molar-refractivity contribution >= 4 is 17.6 Å². The lowest BCUT2D eigenvalue weighted by molar-refractivity contribution is -0.141. The van der Waals surface area contributed by atoms with Crippen LogP contribution in [0.15, 0.2) is 24.3 Å². The van der Waals surface area contributed by atoms with Crippen LogP contribution in [0.25, 0.3) is 0 Å². The van der Waals surface area contributed by atoms with Gasteiger partial charge in [0.1, 0.15) is 0 Å². The molecule has 0 radical (unpaired) electrons. The van der Waals surface area contributed by atoms with Crippen molar-refractivity contribution in [1.29, 1.82) is 0 Å². The largest absolute Gasteiger partial charge is 0.481 e. The third-order valence-corrected chi connectivity index (χ3v) is 3.68. The van der Waals surface area contributed by atoms with E-state index in [1.165, 1.54) is 0 Å². The highest BCUT2D eigenvalue weighted by Crippen LogP contribution is 2.30. The molecule has 0 aliphatic carbocycles. The van der Waals surface area contributed by atoms with E-state index in [1.807, 2.05) is 24.3 Å². The maximum atomic E-state index is 12.1. The first-order chi connectivity index (χ1) is 9.59. The Morgan fingerprint density at radius 1 is 1.45 bits per heavy atom. The fraction of sp³-hybridized carbons (Fsp3) is 0.467. The number of carboxylic acid groups (broad SMARTS) is 1. The van der Waals surface area contributed by atoms with Crippen molar-refractivity contribution in [3.8, 4) is 0 Å². The number of anilines is 1. The van der Waals surface area contributed by atoms with Crippen LogP contribution in [0, 0.1) is 5.92 Å². The molecule has 1 aromatic rings. The third-order valence-electron chi connectivity index (χ3n) is 3.68. The monoisotopic (exact) mass is 276 g/mol. The Bertz CT molecular complexity index is 502. The molecule has 20 heavy (non-hydrogen) atoms. The maximum absolute atomic E-state index is 12.1. The lowest BCUT2D eigenvalue weighted by Gasteiger charge is -2.12. The van der Waals surface area contributed by atoms with Gasteiger partial charge in [0.05, 0.1) is 11.8 Å². The average molecular weight is 276 g/mol. The maximum Gasteiger partial charge on any atom is 0.306 e. The van der Waals surface area contributed by atoms with E-state index in [2.05, 4.69) is 10.6 Å². The predicted octanol–water partition coefficient (Wildman–Crippen LogP) is 1.81. The van der Waals surface area contributed by atoms with Crippen molar-refractivity contribution in [3.63, 3.8) is 0 Å². The van der Waals surface area contributed by atoms with Gasteiger partial charge in [-0.1, -0.05) is 25.1 Å². The summed E-state index contributed by atoms with van der Waals surface area (Å²) < 4.78 is 0. The smallest absolute Gasteiger partial charge is 0.306 e. The van der Waals surface area contributed by atoms with Crippen LogP contribution < -0.4 is 10.6 Å². The molecule has 1 heterocycles. The Morgan fingerprint density at radius 2 is 2.20 bits per heavy atom. The number of carboxylic acids is 1. The van der Waals surface area contributed by atoms with Crippen molar-refractivity contribution in [3.05, 3.63) is 29.8 Å². The quantitative estimate of drug-likeness (QED) is 0.692. The molecule has 0 spiro atoms. The van der Waals surface area contributed by atoms with Gasteiger partial charge in [0.2, 0.25) is 5.91 Å². The van der Waals surface area contributed by atoms with Gasteiger partial charge in [-0.15, -0.1) is 0 Å². The third kappa shape index (κ3) is 3.29. The number of fused-ring (bicyclic) bond motifs is 1. The summed E-state index contributed by atoms with van der Waals surface area (Å²) in [5.41, 5.74) is 2.05. The number of carbonyl (C=O) groups excluding carboxylic acids is 1. The summed E-state index contributed by atoms with van der Waals surface area (Å²) in [6, 6.07) is 7.81. The summed E-state index contributed by atoms with van der Waals surface area (Å²) in [6.45, 7) is 2.83. The van der Waals surface area contributed by atoms with Crippen LogP contribution in [0.1, 0.15) is 31.2 Å². The fourth-order valence-electron chi connectivity index (χ4n) is 2.38. The van der Waals surface area contributed by atoms with Gasteiger partial charge in [0, 0.05) is 18.8 Å². The highest BCUT2D eigenvalue weighted by Gasteiger charge is 2.27. The van der Waals surface area contributed by atoms with Gasteiger partial charge < -0.3 is 15.7 Å². The van der Waals surface area contributed by atoms with E-state index in [-0.39, 0.29) is 17.7 Å². The van der Waals surface area contributed by atoms with Gasteiger partial charge in [0.25, 0.3) is 0 Å². The molecule has 1 aliphatic heterocycles. The molecule has 2 unspecified atom stereocenters. The lowest BCUT2D eigenvalue weighted by Crippen LogP contribution is -2.31. The number of hydrogen-bond acceptors (Lipinski definition) is 3. The van der Waals surface area contributed by atoms with Gasteiger partial charge >= 0.3 is 5.97 Å². The predicted molar refractivity (Wildman–Crippen MR) is 76.7 cm³/mol. The van der Waals surface area contributed by atoms with Gasteiger partial charge in [-0.05, 0) is 24.5 Å². The van der Waals surface area contributed by atoms with Crippen molar-refractivity contribution < 1.29 is 14.7 Å². The zero-order valence-corrected chi connectivity index (χ0v) is 11.6. The molecule has 2 atom stereocenters. The van der Waals surface area contributed by atoms with Crippen molar-refractivity contribution in [1.82, 2.24) is 5.32 Å². The van der Waals surface area contributed by atoms with E-state index >= 15 is 0 Å². The molecule has 0 saturated heterocycles. The minimum atomic E-state index is -0.787. The van der Waals surface area contributed by atoms with Crippen molar-refractivity contribution in [2.75, 3.05) is 18.4 Å². The molecule has 5 heteroatoms. The van der Waals surface area contributed by atoms with E-state index in [9.17, 15) is 9.59 Å². The highest BCUT2D eigenvalue weighted by atomic mass is 16.4. The van der Waals surface area contributed by atoms with Gasteiger partial charge in [-0.25, -0.2) is 0 Å². The standard InChI is InChI=1S/C15H20N2O3/c1-10(15(19)20)5-4-8-16-14(18)12-9-17-13-7-3-2-6-11(12)13/h2-3,6-7,10,12,17H,4-5,8-9H2,1H3,(H,16,18)(H,19,20). The first-order valence-electron chi connectivity index (χ1n) is 6.93. The highest BCUT2D eigenvalue weighted by molar-refractivity contribution is 5.88. The van der Waals surface area contributed by atoms with Crippen LogP contribution in [-0.4, -0.2) is 30.1 Å². The molecular weight excluding hydrogens is 256 g/mol. The molecule has 0 saturated carbocycles. The molecule has 2 rings (SSSR count). The van der Waals surface area contributed by atoms with Crippen LogP contribution in [0.5, 0.6) is 0 Å². The first-order valence-corrected chi connectivity index (χ1v) is 6.93. The second-order valence-corrected chi connectivity index (χ2v) is 5.19. The Hall–Kier alpha value is -2.04. The molecule has 1 aromatic carbocycles. The summed E-state index contributed by atoms with van der Waals surface area (Å²) in [7, 11) is 0. The van der Waals surface area contributed by atoms with Gasteiger partial charge in [0.15, 0.2) is 0 Å². The van der Waals surface area contributed by atoms with E-state index < -0.39 is 5.97 Å².